The van der Waals surface area contributed by atoms with E-state index in [2.05, 4.69) is 15.1 Å². The molecule has 0 aliphatic rings. The number of hydrogen-bond acceptors (Lipinski definition) is 6. The molecule has 1 heterocycles. The second-order valence-corrected chi connectivity index (χ2v) is 6.93. The average Bonchev–Trinajstić information content (AvgIpc) is 2.99. The molecule has 1 aromatic heterocycles. The lowest BCUT2D eigenvalue weighted by molar-refractivity contribution is 0.575. The summed E-state index contributed by atoms with van der Waals surface area (Å²) >= 11 is 1.51. The fraction of sp³-hybridized carbons (Fsp3) is 0.250. The maximum Gasteiger partial charge on any atom is 0.242 e. The molecule has 2 rings (SSSR count). The van der Waals surface area contributed by atoms with E-state index in [9.17, 15) is 8.42 Å². The summed E-state index contributed by atoms with van der Waals surface area (Å²) in [4.78, 5) is 4.31. The van der Waals surface area contributed by atoms with Gasteiger partial charge in [-0.05, 0) is 12.1 Å². The molecule has 1 aromatic carbocycles. The summed E-state index contributed by atoms with van der Waals surface area (Å²) in [5, 5.41) is 2.77. The number of thiazole rings is 1. The van der Waals surface area contributed by atoms with E-state index in [-0.39, 0.29) is 17.4 Å². The summed E-state index contributed by atoms with van der Waals surface area (Å²) in [5.41, 5.74) is 2.75. The lowest BCUT2D eigenvalue weighted by atomic mass is 10.2. The van der Waals surface area contributed by atoms with E-state index in [4.69, 9.17) is 5.84 Å². The van der Waals surface area contributed by atoms with Crippen molar-refractivity contribution in [3.63, 3.8) is 0 Å². The van der Waals surface area contributed by atoms with Crippen molar-refractivity contribution in [2.24, 2.45) is 5.84 Å². The van der Waals surface area contributed by atoms with Crippen LogP contribution in [-0.2, 0) is 10.0 Å². The molecular formula is C12H16N4O2S2. The van der Waals surface area contributed by atoms with Crippen LogP contribution in [0.2, 0.25) is 0 Å². The highest BCUT2D eigenvalue weighted by molar-refractivity contribution is 7.89. The van der Waals surface area contributed by atoms with Gasteiger partial charge < -0.3 is 5.43 Å². The van der Waals surface area contributed by atoms with Crippen molar-refractivity contribution in [2.75, 3.05) is 12.0 Å². The highest BCUT2D eigenvalue weighted by Crippen LogP contribution is 2.21. The van der Waals surface area contributed by atoms with Crippen LogP contribution in [0, 0.1) is 0 Å². The average molecular weight is 312 g/mol. The number of para-hydroxylation sites is 1. The number of hydrazine groups is 1. The van der Waals surface area contributed by atoms with Crippen LogP contribution < -0.4 is 16.0 Å². The minimum absolute atomic E-state index is 0.0165. The lowest BCUT2D eigenvalue weighted by Crippen LogP contribution is -2.28. The quantitative estimate of drug-likeness (QED) is 0.555. The number of nitrogen functional groups attached to an aromatic ring is 1. The summed E-state index contributed by atoms with van der Waals surface area (Å²) in [5.74, 6) is 5.35. The lowest BCUT2D eigenvalue weighted by Gasteiger charge is -2.13. The largest absolute Gasteiger partial charge is 0.323 e. The van der Waals surface area contributed by atoms with Crippen molar-refractivity contribution >= 4 is 27.0 Å². The van der Waals surface area contributed by atoms with Gasteiger partial charge in [0.15, 0.2) is 0 Å². The standard InChI is InChI=1S/C12H16N4O2S2/c1-9(12-14-6-7-19-12)8-15-20(17,18)11-5-3-2-4-10(11)16-13/h2-7,9,15-16H,8,13H2,1H3. The normalized spacial score (nSPS) is 13.1. The molecule has 2 aromatic rings. The van der Waals surface area contributed by atoms with Gasteiger partial charge in [0.25, 0.3) is 0 Å². The van der Waals surface area contributed by atoms with Crippen LogP contribution in [0.1, 0.15) is 17.8 Å². The molecule has 0 saturated heterocycles. The van der Waals surface area contributed by atoms with Crippen molar-refractivity contribution < 1.29 is 8.42 Å². The molecule has 4 N–H and O–H groups in total. The molecule has 0 aliphatic carbocycles. The number of nitrogens with two attached hydrogens (primary N) is 1. The molecule has 0 aliphatic heterocycles. The molecule has 0 bridgehead atoms. The monoisotopic (exact) mass is 312 g/mol. The summed E-state index contributed by atoms with van der Waals surface area (Å²) < 4.78 is 27.1. The topological polar surface area (TPSA) is 97.1 Å². The Labute approximate surface area is 122 Å². The van der Waals surface area contributed by atoms with Crippen molar-refractivity contribution in [3.8, 4) is 0 Å². The Balaban J connectivity index is 2.12. The highest BCUT2D eigenvalue weighted by atomic mass is 32.2. The zero-order valence-electron chi connectivity index (χ0n) is 10.9. The molecule has 20 heavy (non-hydrogen) atoms. The molecule has 0 fully saturated rings. The van der Waals surface area contributed by atoms with Gasteiger partial charge in [0.1, 0.15) is 4.90 Å². The van der Waals surface area contributed by atoms with Crippen LogP contribution in [0.5, 0.6) is 0 Å². The van der Waals surface area contributed by atoms with Gasteiger partial charge in [-0.15, -0.1) is 11.3 Å². The Bertz CT molecular complexity index is 656. The second kappa shape index (κ2) is 6.31. The second-order valence-electron chi connectivity index (χ2n) is 4.26. The molecule has 1 unspecified atom stereocenters. The number of sulfonamides is 1. The summed E-state index contributed by atoms with van der Waals surface area (Å²) in [7, 11) is -3.60. The van der Waals surface area contributed by atoms with Crippen molar-refractivity contribution in [1.29, 1.82) is 0 Å². The first-order chi connectivity index (χ1) is 9.54. The predicted molar refractivity (Wildman–Crippen MR) is 80.0 cm³/mol. The zero-order chi connectivity index (χ0) is 14.6. The number of nitrogens with zero attached hydrogens (tertiary/aromatic N) is 1. The number of hydrogen-bond donors (Lipinski definition) is 3. The van der Waals surface area contributed by atoms with E-state index in [0.717, 1.165) is 5.01 Å². The Morgan fingerprint density at radius 2 is 2.15 bits per heavy atom. The van der Waals surface area contributed by atoms with Gasteiger partial charge in [-0.2, -0.15) is 0 Å². The number of anilines is 1. The van der Waals surface area contributed by atoms with Crippen LogP contribution in [-0.4, -0.2) is 19.9 Å². The van der Waals surface area contributed by atoms with Gasteiger partial charge in [0.2, 0.25) is 10.0 Å². The first-order valence-electron chi connectivity index (χ1n) is 5.99. The summed E-state index contributed by atoms with van der Waals surface area (Å²) in [6, 6.07) is 6.48. The van der Waals surface area contributed by atoms with Crippen LogP contribution in [0.3, 0.4) is 0 Å². The number of benzene rings is 1. The van der Waals surface area contributed by atoms with Gasteiger partial charge >= 0.3 is 0 Å². The van der Waals surface area contributed by atoms with Crippen LogP contribution in [0.4, 0.5) is 5.69 Å². The van der Waals surface area contributed by atoms with Crippen LogP contribution in [0.25, 0.3) is 0 Å². The molecule has 108 valence electrons. The molecule has 0 saturated carbocycles. The van der Waals surface area contributed by atoms with Gasteiger partial charge in [-0.3, -0.25) is 5.84 Å². The number of nitrogens with one attached hydrogen (secondary N) is 2. The van der Waals surface area contributed by atoms with E-state index in [1.807, 2.05) is 12.3 Å². The van der Waals surface area contributed by atoms with E-state index in [1.54, 1.807) is 24.4 Å². The summed E-state index contributed by atoms with van der Waals surface area (Å²) in [6.45, 7) is 2.21. The Morgan fingerprint density at radius 1 is 1.40 bits per heavy atom. The van der Waals surface area contributed by atoms with Gasteiger partial charge in [-0.1, -0.05) is 19.1 Å². The van der Waals surface area contributed by atoms with Crippen molar-refractivity contribution in [3.05, 3.63) is 40.8 Å². The SMILES string of the molecule is CC(CNS(=O)(=O)c1ccccc1NN)c1nccs1. The number of aromatic nitrogens is 1. The minimum Gasteiger partial charge on any atom is -0.323 e. The third kappa shape index (κ3) is 3.34. The Hall–Kier alpha value is -1.48. The number of rotatable bonds is 6. The van der Waals surface area contributed by atoms with Gasteiger partial charge in [0.05, 0.1) is 10.7 Å². The van der Waals surface area contributed by atoms with E-state index in [1.165, 1.54) is 17.4 Å². The molecule has 1 atom stereocenters. The zero-order valence-corrected chi connectivity index (χ0v) is 12.5. The highest BCUT2D eigenvalue weighted by Gasteiger charge is 2.19. The molecular weight excluding hydrogens is 296 g/mol. The fourth-order valence-electron chi connectivity index (χ4n) is 1.70. The Morgan fingerprint density at radius 3 is 2.80 bits per heavy atom. The maximum absolute atomic E-state index is 12.3. The predicted octanol–water partition coefficient (Wildman–Crippen LogP) is 1.51. The first-order valence-corrected chi connectivity index (χ1v) is 8.35. The molecule has 6 nitrogen and oxygen atoms in total. The summed E-state index contributed by atoms with van der Waals surface area (Å²) in [6.07, 6.45) is 1.71. The minimum atomic E-state index is -3.60. The van der Waals surface area contributed by atoms with Gasteiger partial charge in [-0.25, -0.2) is 18.1 Å². The van der Waals surface area contributed by atoms with Crippen molar-refractivity contribution in [1.82, 2.24) is 9.71 Å². The smallest absolute Gasteiger partial charge is 0.242 e. The van der Waals surface area contributed by atoms with E-state index < -0.39 is 10.0 Å². The molecule has 0 spiro atoms. The maximum atomic E-state index is 12.3. The molecule has 0 radical (unpaired) electrons. The Kier molecular flexibility index (Phi) is 4.71. The van der Waals surface area contributed by atoms with Crippen molar-refractivity contribution in [2.45, 2.75) is 17.7 Å². The van der Waals surface area contributed by atoms with Crippen LogP contribution in [0.15, 0.2) is 40.7 Å². The first kappa shape index (κ1) is 14.9. The third-order valence-corrected chi connectivity index (χ3v) is 5.27. The fourth-order valence-corrected chi connectivity index (χ4v) is 3.70. The molecule has 8 heteroatoms. The molecule has 0 amide bonds. The van der Waals surface area contributed by atoms with E-state index in [0.29, 0.717) is 5.69 Å². The van der Waals surface area contributed by atoms with Gasteiger partial charge in [0, 0.05) is 24.0 Å². The third-order valence-electron chi connectivity index (χ3n) is 2.78. The van der Waals surface area contributed by atoms with E-state index >= 15 is 0 Å². The van der Waals surface area contributed by atoms with Crippen LogP contribution >= 0.6 is 11.3 Å².